The fraction of sp³-hybridized carbons (Fsp3) is 0.250. The number of aromatic nitrogens is 1. The van der Waals surface area contributed by atoms with Crippen LogP contribution in [0.25, 0.3) is 0 Å². The molecule has 1 aliphatic rings. The first-order chi connectivity index (χ1) is 9.99. The van der Waals surface area contributed by atoms with Crippen LogP contribution in [0.1, 0.15) is 31.1 Å². The third-order valence-corrected chi connectivity index (χ3v) is 3.09. The van der Waals surface area contributed by atoms with Crippen LogP contribution < -0.4 is 0 Å². The Morgan fingerprint density at radius 2 is 1.90 bits per heavy atom. The lowest BCUT2D eigenvalue weighted by Crippen LogP contribution is -2.16. The van der Waals surface area contributed by atoms with Gasteiger partial charge in [-0.05, 0) is 42.7 Å². The summed E-state index contributed by atoms with van der Waals surface area (Å²) in [6, 6.07) is 3.09. The maximum Gasteiger partial charge on any atom is 0.365 e. The Hall–Kier alpha value is -2.56. The molecule has 2 rings (SSSR count). The highest BCUT2D eigenvalue weighted by atomic mass is 16.7. The lowest BCUT2D eigenvalue weighted by molar-refractivity contribution is -0.111. The topological polar surface area (TPSA) is 68.6 Å². The Bertz CT molecular complexity index is 655. The average molecular weight is 284 g/mol. The van der Waals surface area contributed by atoms with Crippen molar-refractivity contribution in [3.8, 4) is 0 Å². The third-order valence-electron chi connectivity index (χ3n) is 3.09. The second-order valence-electron chi connectivity index (χ2n) is 5.04. The molecule has 0 radical (unpaired) electrons. The summed E-state index contributed by atoms with van der Waals surface area (Å²) in [6.45, 7) is 5.61. The van der Waals surface area contributed by atoms with Crippen molar-refractivity contribution in [2.24, 2.45) is 11.1 Å². The van der Waals surface area contributed by atoms with Crippen LogP contribution in [0.15, 0.2) is 53.0 Å². The van der Waals surface area contributed by atoms with E-state index in [1.807, 2.05) is 13.8 Å². The zero-order valence-corrected chi connectivity index (χ0v) is 12.2. The molecule has 0 fully saturated rings. The van der Waals surface area contributed by atoms with Crippen molar-refractivity contribution < 1.29 is 14.4 Å². The number of oxime groups is 1. The standard InChI is InChI=1S/C16H16N2O3/c1-10(2)13-9-14(11(3)8-15(13)19)18-21-16(20)12-4-6-17-7-5-12/h4-10H,1-3H3/b18-14+. The van der Waals surface area contributed by atoms with E-state index < -0.39 is 5.97 Å². The smallest absolute Gasteiger partial charge is 0.312 e. The highest BCUT2D eigenvalue weighted by Crippen LogP contribution is 2.19. The molecule has 5 nitrogen and oxygen atoms in total. The van der Waals surface area contributed by atoms with E-state index in [4.69, 9.17) is 4.84 Å². The summed E-state index contributed by atoms with van der Waals surface area (Å²) in [5.41, 5.74) is 2.18. The minimum Gasteiger partial charge on any atom is -0.312 e. The van der Waals surface area contributed by atoms with E-state index in [0.29, 0.717) is 22.4 Å². The van der Waals surface area contributed by atoms with Crippen LogP contribution in [0.5, 0.6) is 0 Å². The van der Waals surface area contributed by atoms with Gasteiger partial charge >= 0.3 is 5.97 Å². The average Bonchev–Trinajstić information content (AvgIpc) is 2.46. The molecule has 1 aromatic rings. The summed E-state index contributed by atoms with van der Waals surface area (Å²) < 4.78 is 0. The zero-order chi connectivity index (χ0) is 15.4. The summed E-state index contributed by atoms with van der Waals surface area (Å²) in [5, 5.41) is 3.86. The second kappa shape index (κ2) is 6.26. The largest absolute Gasteiger partial charge is 0.365 e. The molecule has 108 valence electrons. The van der Waals surface area contributed by atoms with Crippen molar-refractivity contribution in [3.63, 3.8) is 0 Å². The first-order valence-electron chi connectivity index (χ1n) is 6.63. The number of ketones is 1. The number of hydrogen-bond acceptors (Lipinski definition) is 5. The summed E-state index contributed by atoms with van der Waals surface area (Å²) >= 11 is 0. The molecule has 1 aromatic heterocycles. The van der Waals surface area contributed by atoms with Gasteiger partial charge in [0, 0.05) is 18.0 Å². The van der Waals surface area contributed by atoms with Crippen molar-refractivity contribution >= 4 is 17.5 Å². The van der Waals surface area contributed by atoms with Gasteiger partial charge in [0.1, 0.15) is 5.71 Å². The predicted molar refractivity (Wildman–Crippen MR) is 78.8 cm³/mol. The highest BCUT2D eigenvalue weighted by molar-refractivity contribution is 6.21. The Balaban J connectivity index is 2.19. The van der Waals surface area contributed by atoms with E-state index in [1.54, 1.807) is 25.1 Å². The fourth-order valence-electron chi connectivity index (χ4n) is 1.87. The van der Waals surface area contributed by atoms with E-state index in [-0.39, 0.29) is 11.7 Å². The summed E-state index contributed by atoms with van der Waals surface area (Å²) in [7, 11) is 0. The number of rotatable bonds is 3. The number of carbonyl (C=O) groups is 2. The molecule has 0 aliphatic heterocycles. The minimum atomic E-state index is -0.561. The van der Waals surface area contributed by atoms with Gasteiger partial charge in [0.15, 0.2) is 5.78 Å². The first-order valence-corrected chi connectivity index (χ1v) is 6.63. The quantitative estimate of drug-likeness (QED) is 0.486. The van der Waals surface area contributed by atoms with Gasteiger partial charge in [0.2, 0.25) is 0 Å². The molecule has 0 atom stereocenters. The lowest BCUT2D eigenvalue weighted by Gasteiger charge is -2.14. The summed E-state index contributed by atoms with van der Waals surface area (Å²) in [4.78, 5) is 32.4. The molecule has 5 heteroatoms. The molecule has 0 spiro atoms. The number of carbonyl (C=O) groups excluding carboxylic acids is 2. The molecule has 0 amide bonds. The van der Waals surface area contributed by atoms with Gasteiger partial charge in [-0.3, -0.25) is 9.78 Å². The zero-order valence-electron chi connectivity index (χ0n) is 12.2. The molecule has 0 saturated carbocycles. The van der Waals surface area contributed by atoms with Gasteiger partial charge in [-0.25, -0.2) is 4.79 Å². The molecule has 1 heterocycles. The van der Waals surface area contributed by atoms with E-state index in [0.717, 1.165) is 0 Å². The monoisotopic (exact) mass is 284 g/mol. The van der Waals surface area contributed by atoms with Crippen LogP contribution in [0, 0.1) is 5.92 Å². The number of nitrogens with zero attached hydrogens (tertiary/aromatic N) is 2. The number of allylic oxidation sites excluding steroid dienone is 4. The molecule has 0 unspecified atom stereocenters. The Morgan fingerprint density at radius 1 is 1.24 bits per heavy atom. The molecular weight excluding hydrogens is 268 g/mol. The van der Waals surface area contributed by atoms with E-state index >= 15 is 0 Å². The fourth-order valence-corrected chi connectivity index (χ4v) is 1.87. The van der Waals surface area contributed by atoms with Gasteiger partial charge in [-0.2, -0.15) is 0 Å². The highest BCUT2D eigenvalue weighted by Gasteiger charge is 2.19. The molecule has 0 bridgehead atoms. The van der Waals surface area contributed by atoms with Crippen molar-refractivity contribution in [1.29, 1.82) is 0 Å². The van der Waals surface area contributed by atoms with Gasteiger partial charge in [0.25, 0.3) is 0 Å². The maximum atomic E-state index is 11.8. The molecule has 0 saturated heterocycles. The van der Waals surface area contributed by atoms with E-state index in [9.17, 15) is 9.59 Å². The third kappa shape index (κ3) is 3.51. The summed E-state index contributed by atoms with van der Waals surface area (Å²) in [5.74, 6) is -0.501. The van der Waals surface area contributed by atoms with Crippen molar-refractivity contribution in [3.05, 3.63) is 53.4 Å². The molecule has 0 aromatic carbocycles. The summed E-state index contributed by atoms with van der Waals surface area (Å²) in [6.07, 6.45) is 6.19. The van der Waals surface area contributed by atoms with Crippen LogP contribution in [-0.2, 0) is 9.63 Å². The molecule has 21 heavy (non-hydrogen) atoms. The van der Waals surface area contributed by atoms with E-state index in [1.165, 1.54) is 18.5 Å². The first kappa shape index (κ1) is 14.8. The van der Waals surface area contributed by atoms with Crippen LogP contribution in [0.4, 0.5) is 0 Å². The van der Waals surface area contributed by atoms with Gasteiger partial charge in [-0.15, -0.1) is 0 Å². The van der Waals surface area contributed by atoms with Crippen LogP contribution in [0.3, 0.4) is 0 Å². The van der Waals surface area contributed by atoms with Crippen LogP contribution >= 0.6 is 0 Å². The Morgan fingerprint density at radius 3 is 2.52 bits per heavy atom. The van der Waals surface area contributed by atoms with Gasteiger partial charge in [-0.1, -0.05) is 19.0 Å². The van der Waals surface area contributed by atoms with Gasteiger partial charge in [0.05, 0.1) is 5.56 Å². The van der Waals surface area contributed by atoms with Crippen molar-refractivity contribution in [1.82, 2.24) is 4.98 Å². The van der Waals surface area contributed by atoms with Crippen LogP contribution in [0.2, 0.25) is 0 Å². The van der Waals surface area contributed by atoms with E-state index in [2.05, 4.69) is 10.1 Å². The van der Waals surface area contributed by atoms with Crippen molar-refractivity contribution in [2.75, 3.05) is 0 Å². The van der Waals surface area contributed by atoms with Crippen molar-refractivity contribution in [2.45, 2.75) is 20.8 Å². The second-order valence-corrected chi connectivity index (χ2v) is 5.04. The molecular formula is C16H16N2O3. The molecule has 1 aliphatic carbocycles. The lowest BCUT2D eigenvalue weighted by atomic mass is 9.90. The SMILES string of the molecule is CC1=CC(=O)C(C(C)C)=C/C1=N\OC(=O)c1ccncc1. The number of hydrogen-bond donors (Lipinski definition) is 0. The predicted octanol–water partition coefficient (Wildman–Crippen LogP) is 2.71. The Kier molecular flexibility index (Phi) is 4.42. The minimum absolute atomic E-state index is 0.0260. The molecule has 0 N–H and O–H groups in total. The maximum absolute atomic E-state index is 11.8. The number of pyridine rings is 1. The normalized spacial score (nSPS) is 16.8. The van der Waals surface area contributed by atoms with Crippen LogP contribution in [-0.4, -0.2) is 22.4 Å². The van der Waals surface area contributed by atoms with Gasteiger partial charge < -0.3 is 4.84 Å². The Labute approximate surface area is 123 Å².